The summed E-state index contributed by atoms with van der Waals surface area (Å²) in [6.45, 7) is 2.20. The molecule has 1 aromatic heterocycles. The number of nitrogens with one attached hydrogen (secondary N) is 2. The topological polar surface area (TPSA) is 49.8 Å². The van der Waals surface area contributed by atoms with Crippen LogP contribution in [-0.4, -0.2) is 22.6 Å². The van der Waals surface area contributed by atoms with Crippen LogP contribution in [0.25, 0.3) is 0 Å². The minimum atomic E-state index is 0.277. The molecule has 1 heterocycles. The van der Waals surface area contributed by atoms with Gasteiger partial charge in [0.25, 0.3) is 0 Å². The maximum atomic E-state index is 4.28. The van der Waals surface area contributed by atoms with Gasteiger partial charge in [-0.1, -0.05) is 0 Å². The largest absolute Gasteiger partial charge is 0.365 e. The second-order valence-corrected chi connectivity index (χ2v) is 3.70. The number of hydrogen-bond donors (Lipinski definition) is 2. The highest BCUT2D eigenvalue weighted by atomic mass is 15.2. The summed E-state index contributed by atoms with van der Waals surface area (Å²) >= 11 is 0. The molecule has 0 aliphatic heterocycles. The summed E-state index contributed by atoms with van der Waals surface area (Å²) in [7, 11) is 1.82. The fraction of sp³-hybridized carbons (Fsp3) is 0.556. The molecule has 1 aliphatic rings. The average Bonchev–Trinajstić information content (AvgIpc) is 2.84. The van der Waals surface area contributed by atoms with E-state index in [2.05, 4.69) is 27.5 Å². The molecule has 4 heteroatoms. The first-order chi connectivity index (χ1) is 6.22. The van der Waals surface area contributed by atoms with E-state index in [4.69, 9.17) is 0 Å². The van der Waals surface area contributed by atoms with E-state index in [1.165, 1.54) is 12.8 Å². The maximum Gasteiger partial charge on any atom is 0.224 e. The second kappa shape index (κ2) is 2.87. The van der Waals surface area contributed by atoms with Crippen molar-refractivity contribution in [1.82, 2.24) is 9.97 Å². The fourth-order valence-corrected chi connectivity index (χ4v) is 1.17. The van der Waals surface area contributed by atoms with E-state index in [9.17, 15) is 0 Å². The van der Waals surface area contributed by atoms with Gasteiger partial charge in [0.05, 0.1) is 0 Å². The van der Waals surface area contributed by atoms with Crippen molar-refractivity contribution in [3.8, 4) is 0 Å². The number of hydrogen-bond acceptors (Lipinski definition) is 4. The monoisotopic (exact) mass is 178 g/mol. The van der Waals surface area contributed by atoms with E-state index in [0.717, 1.165) is 5.82 Å². The molecule has 4 nitrogen and oxygen atoms in total. The summed E-state index contributed by atoms with van der Waals surface area (Å²) in [5.74, 6) is 1.56. The van der Waals surface area contributed by atoms with Crippen LogP contribution in [0.4, 0.5) is 11.8 Å². The Balaban J connectivity index is 2.11. The predicted molar refractivity (Wildman–Crippen MR) is 52.8 cm³/mol. The van der Waals surface area contributed by atoms with Gasteiger partial charge in [-0.25, -0.2) is 4.98 Å². The van der Waals surface area contributed by atoms with Crippen LogP contribution in [0.2, 0.25) is 0 Å². The molecule has 1 aromatic rings. The lowest BCUT2D eigenvalue weighted by atomic mass is 10.3. The lowest BCUT2D eigenvalue weighted by Gasteiger charge is -2.12. The van der Waals surface area contributed by atoms with Gasteiger partial charge in [0.2, 0.25) is 5.95 Å². The van der Waals surface area contributed by atoms with Crippen molar-refractivity contribution in [2.45, 2.75) is 25.3 Å². The summed E-state index contributed by atoms with van der Waals surface area (Å²) in [6.07, 6.45) is 4.21. The van der Waals surface area contributed by atoms with Crippen molar-refractivity contribution >= 4 is 11.8 Å². The van der Waals surface area contributed by atoms with Crippen LogP contribution in [-0.2, 0) is 0 Å². The van der Waals surface area contributed by atoms with E-state index < -0.39 is 0 Å². The Hall–Kier alpha value is -1.32. The first-order valence-corrected chi connectivity index (χ1v) is 4.51. The van der Waals surface area contributed by atoms with E-state index >= 15 is 0 Å². The zero-order valence-corrected chi connectivity index (χ0v) is 7.96. The Bertz CT molecular complexity index is 306. The van der Waals surface area contributed by atoms with Crippen LogP contribution in [0.5, 0.6) is 0 Å². The van der Waals surface area contributed by atoms with Crippen molar-refractivity contribution in [2.75, 3.05) is 17.7 Å². The Morgan fingerprint density at radius 3 is 2.85 bits per heavy atom. The van der Waals surface area contributed by atoms with Gasteiger partial charge in [-0.3, -0.25) is 0 Å². The lowest BCUT2D eigenvalue weighted by Crippen LogP contribution is -2.17. The minimum Gasteiger partial charge on any atom is -0.365 e. The molecule has 0 amide bonds. The third kappa shape index (κ3) is 1.88. The first-order valence-electron chi connectivity index (χ1n) is 4.51. The zero-order valence-electron chi connectivity index (χ0n) is 7.96. The summed E-state index contributed by atoms with van der Waals surface area (Å²) in [6, 6.07) is 1.89. The van der Waals surface area contributed by atoms with Crippen LogP contribution < -0.4 is 10.6 Å². The van der Waals surface area contributed by atoms with E-state index in [1.807, 2.05) is 13.1 Å². The van der Waals surface area contributed by atoms with Crippen LogP contribution >= 0.6 is 0 Å². The molecule has 2 N–H and O–H groups in total. The van der Waals surface area contributed by atoms with Crippen LogP contribution in [0.3, 0.4) is 0 Å². The van der Waals surface area contributed by atoms with Gasteiger partial charge in [0, 0.05) is 18.8 Å². The summed E-state index contributed by atoms with van der Waals surface area (Å²) in [4.78, 5) is 8.33. The number of rotatable bonds is 3. The van der Waals surface area contributed by atoms with Gasteiger partial charge < -0.3 is 10.6 Å². The van der Waals surface area contributed by atoms with E-state index in [1.54, 1.807) is 6.20 Å². The van der Waals surface area contributed by atoms with Crippen molar-refractivity contribution in [1.29, 1.82) is 0 Å². The van der Waals surface area contributed by atoms with Crippen LogP contribution in [0.15, 0.2) is 12.3 Å². The molecule has 2 rings (SSSR count). The standard InChI is InChI=1S/C9H14N4/c1-9(4-5-9)13-7-3-6-11-8(10-2)12-7/h3,6H,4-5H2,1-2H3,(H2,10,11,12,13). The van der Waals surface area contributed by atoms with Gasteiger partial charge in [0.1, 0.15) is 5.82 Å². The SMILES string of the molecule is CNc1nccc(NC2(C)CC2)n1. The van der Waals surface area contributed by atoms with Gasteiger partial charge in [0.15, 0.2) is 0 Å². The molecule has 0 unspecified atom stereocenters. The molecule has 0 saturated heterocycles. The van der Waals surface area contributed by atoms with Crippen LogP contribution in [0.1, 0.15) is 19.8 Å². The molecule has 0 radical (unpaired) electrons. The third-order valence-electron chi connectivity index (χ3n) is 2.31. The molecule has 0 aromatic carbocycles. The third-order valence-corrected chi connectivity index (χ3v) is 2.31. The van der Waals surface area contributed by atoms with Gasteiger partial charge in [-0.2, -0.15) is 4.98 Å². The van der Waals surface area contributed by atoms with E-state index in [-0.39, 0.29) is 5.54 Å². The summed E-state index contributed by atoms with van der Waals surface area (Å²) < 4.78 is 0. The quantitative estimate of drug-likeness (QED) is 0.736. The highest BCUT2D eigenvalue weighted by Gasteiger charge is 2.37. The molecule has 70 valence electrons. The lowest BCUT2D eigenvalue weighted by molar-refractivity contribution is 0.820. The number of aromatic nitrogens is 2. The highest BCUT2D eigenvalue weighted by Crippen LogP contribution is 2.37. The van der Waals surface area contributed by atoms with Crippen LogP contribution in [0, 0.1) is 0 Å². The van der Waals surface area contributed by atoms with Gasteiger partial charge in [-0.05, 0) is 25.8 Å². The smallest absolute Gasteiger partial charge is 0.224 e. The summed E-state index contributed by atoms with van der Waals surface area (Å²) in [5.41, 5.74) is 0.277. The fourth-order valence-electron chi connectivity index (χ4n) is 1.17. The molecule has 0 bridgehead atoms. The Morgan fingerprint density at radius 1 is 1.46 bits per heavy atom. The van der Waals surface area contributed by atoms with Crippen molar-refractivity contribution in [3.05, 3.63) is 12.3 Å². The van der Waals surface area contributed by atoms with Crippen molar-refractivity contribution in [2.24, 2.45) is 0 Å². The number of anilines is 2. The molecule has 1 aliphatic carbocycles. The maximum absolute atomic E-state index is 4.28. The van der Waals surface area contributed by atoms with E-state index in [0.29, 0.717) is 5.95 Å². The Labute approximate surface area is 77.8 Å². The Morgan fingerprint density at radius 2 is 2.23 bits per heavy atom. The first kappa shape index (κ1) is 8.29. The molecule has 1 fully saturated rings. The molecular weight excluding hydrogens is 164 g/mol. The van der Waals surface area contributed by atoms with Crippen molar-refractivity contribution < 1.29 is 0 Å². The molecule has 0 atom stereocenters. The number of nitrogens with zero attached hydrogens (tertiary/aromatic N) is 2. The normalized spacial score (nSPS) is 18.0. The average molecular weight is 178 g/mol. The molecule has 1 saturated carbocycles. The highest BCUT2D eigenvalue weighted by molar-refractivity contribution is 5.43. The Kier molecular flexibility index (Phi) is 1.83. The predicted octanol–water partition coefficient (Wildman–Crippen LogP) is 1.48. The van der Waals surface area contributed by atoms with Gasteiger partial charge in [-0.15, -0.1) is 0 Å². The molecular formula is C9H14N4. The van der Waals surface area contributed by atoms with Gasteiger partial charge >= 0.3 is 0 Å². The minimum absolute atomic E-state index is 0.277. The zero-order chi connectivity index (χ0) is 9.31. The second-order valence-electron chi connectivity index (χ2n) is 3.70. The summed E-state index contributed by atoms with van der Waals surface area (Å²) in [5, 5.41) is 6.29. The molecule has 13 heavy (non-hydrogen) atoms. The molecule has 0 spiro atoms. The van der Waals surface area contributed by atoms with Crippen molar-refractivity contribution in [3.63, 3.8) is 0 Å².